The van der Waals surface area contributed by atoms with Gasteiger partial charge in [0, 0.05) is 44.5 Å². The van der Waals surface area contributed by atoms with Crippen LogP contribution in [0.2, 0.25) is 0 Å². The first-order valence-corrected chi connectivity index (χ1v) is 18.5. The molecule has 0 amide bonds. The third kappa shape index (κ3) is 5.21. The van der Waals surface area contributed by atoms with Crippen LogP contribution >= 0.6 is 0 Å². The van der Waals surface area contributed by atoms with Crippen molar-refractivity contribution in [3.05, 3.63) is 214 Å². The molecule has 54 heavy (non-hydrogen) atoms. The standard InChI is InChI=1S/C50H40N2O2/c1-49(2)39-19-5-9-23-43(39)51(44-24-10-6-20-40(44)49)37-17-13-15-35(31-37)47(53)33-27-29-34(30-28-33)48(54)36-16-14-18-38(32-36)52-45-25-11-7-21-41(45)50(3,4)42-22-8-12-26-46(42)52/h5-32H,1-4H3. The van der Waals surface area contributed by atoms with Gasteiger partial charge in [0.2, 0.25) is 0 Å². The summed E-state index contributed by atoms with van der Waals surface area (Å²) in [5, 5.41) is 0. The highest BCUT2D eigenvalue weighted by molar-refractivity contribution is 6.12. The van der Waals surface area contributed by atoms with Crippen LogP contribution in [0.3, 0.4) is 0 Å². The van der Waals surface area contributed by atoms with E-state index < -0.39 is 0 Å². The Kier molecular flexibility index (Phi) is 7.75. The molecular formula is C50H40N2O2. The van der Waals surface area contributed by atoms with E-state index in [9.17, 15) is 9.59 Å². The van der Waals surface area contributed by atoms with Crippen molar-refractivity contribution in [2.24, 2.45) is 0 Å². The Balaban J connectivity index is 1.01. The van der Waals surface area contributed by atoms with Crippen molar-refractivity contribution in [1.82, 2.24) is 0 Å². The minimum atomic E-state index is -0.167. The number of hydrogen-bond donors (Lipinski definition) is 0. The number of anilines is 6. The fraction of sp³-hybridized carbons (Fsp3) is 0.120. The lowest BCUT2D eigenvalue weighted by molar-refractivity contribution is 0.102. The summed E-state index contributed by atoms with van der Waals surface area (Å²) >= 11 is 0. The van der Waals surface area contributed by atoms with Crippen molar-refractivity contribution in [3.63, 3.8) is 0 Å². The van der Waals surface area contributed by atoms with Gasteiger partial charge in [-0.05, 0) is 70.8 Å². The van der Waals surface area contributed by atoms with Gasteiger partial charge in [0.15, 0.2) is 11.6 Å². The molecular weight excluding hydrogens is 661 g/mol. The molecule has 0 fully saturated rings. The van der Waals surface area contributed by atoms with E-state index >= 15 is 0 Å². The third-order valence-electron chi connectivity index (χ3n) is 11.4. The average Bonchev–Trinajstić information content (AvgIpc) is 3.21. The SMILES string of the molecule is CC1(C)c2ccccc2N(c2cccc(C(=O)c3ccc(C(=O)c4cccc(N5c6ccccc6C(C)(C)c6ccccc65)c4)cc3)c2)c2ccccc21. The van der Waals surface area contributed by atoms with Crippen LogP contribution in [0.4, 0.5) is 34.1 Å². The summed E-state index contributed by atoms with van der Waals surface area (Å²) in [6.45, 7) is 9.06. The Morgan fingerprint density at radius 1 is 0.352 bits per heavy atom. The summed E-state index contributed by atoms with van der Waals surface area (Å²) in [5.74, 6) is -0.191. The topological polar surface area (TPSA) is 40.6 Å². The van der Waals surface area contributed by atoms with Crippen LogP contribution in [-0.4, -0.2) is 11.6 Å². The van der Waals surface area contributed by atoms with Crippen molar-refractivity contribution < 1.29 is 9.59 Å². The van der Waals surface area contributed by atoms with Gasteiger partial charge < -0.3 is 9.80 Å². The van der Waals surface area contributed by atoms with Crippen LogP contribution < -0.4 is 9.80 Å². The van der Waals surface area contributed by atoms with Gasteiger partial charge in [-0.25, -0.2) is 0 Å². The van der Waals surface area contributed by atoms with Crippen molar-refractivity contribution in [2.45, 2.75) is 38.5 Å². The molecule has 7 aromatic carbocycles. The zero-order chi connectivity index (χ0) is 37.2. The first kappa shape index (κ1) is 33.3. The van der Waals surface area contributed by atoms with Crippen LogP contribution in [-0.2, 0) is 10.8 Å². The number of nitrogens with zero attached hydrogens (tertiary/aromatic N) is 2. The number of fused-ring (bicyclic) bond motifs is 4. The number of rotatable bonds is 6. The number of carbonyl (C=O) groups excluding carboxylic acids is 2. The second-order valence-electron chi connectivity index (χ2n) is 15.3. The third-order valence-corrected chi connectivity index (χ3v) is 11.4. The van der Waals surface area contributed by atoms with Crippen LogP contribution in [0.25, 0.3) is 0 Å². The van der Waals surface area contributed by atoms with Gasteiger partial charge in [0.05, 0.1) is 22.7 Å². The average molecular weight is 701 g/mol. The first-order chi connectivity index (χ1) is 26.1. The molecule has 2 heterocycles. The highest BCUT2D eigenvalue weighted by Gasteiger charge is 2.38. The quantitative estimate of drug-likeness (QED) is 0.162. The maximum Gasteiger partial charge on any atom is 0.193 e. The molecule has 0 unspecified atom stereocenters. The van der Waals surface area contributed by atoms with E-state index in [1.165, 1.54) is 22.3 Å². The van der Waals surface area contributed by atoms with Crippen LogP contribution in [0, 0.1) is 0 Å². The second kappa shape index (κ2) is 12.6. The lowest BCUT2D eigenvalue weighted by Gasteiger charge is -2.42. The Morgan fingerprint density at radius 2 is 0.648 bits per heavy atom. The number of carbonyl (C=O) groups is 2. The molecule has 0 atom stereocenters. The zero-order valence-corrected chi connectivity index (χ0v) is 30.9. The van der Waals surface area contributed by atoms with E-state index in [1.807, 2.05) is 36.4 Å². The molecule has 0 aliphatic carbocycles. The van der Waals surface area contributed by atoms with Crippen molar-refractivity contribution in [3.8, 4) is 0 Å². The molecule has 262 valence electrons. The lowest BCUT2D eigenvalue weighted by atomic mass is 9.73. The molecule has 0 aromatic heterocycles. The van der Waals surface area contributed by atoms with E-state index in [0.29, 0.717) is 22.3 Å². The van der Waals surface area contributed by atoms with Crippen LogP contribution in [0.15, 0.2) is 170 Å². The minimum absolute atomic E-state index is 0.0953. The molecule has 0 saturated carbocycles. The molecule has 4 heteroatoms. The molecule has 0 spiro atoms. The fourth-order valence-electron chi connectivity index (χ4n) is 8.57. The highest BCUT2D eigenvalue weighted by Crippen LogP contribution is 2.53. The summed E-state index contributed by atoms with van der Waals surface area (Å²) in [4.78, 5) is 32.5. The first-order valence-electron chi connectivity index (χ1n) is 18.5. The van der Waals surface area contributed by atoms with Crippen molar-refractivity contribution >= 4 is 45.7 Å². The summed E-state index contributed by atoms with van der Waals surface area (Å²) in [6, 6.07) is 56.7. The van der Waals surface area contributed by atoms with Gasteiger partial charge in [-0.3, -0.25) is 9.59 Å². The number of benzene rings is 7. The van der Waals surface area contributed by atoms with Crippen LogP contribution in [0.5, 0.6) is 0 Å². The predicted molar refractivity (Wildman–Crippen MR) is 220 cm³/mol. The maximum absolute atomic E-state index is 14.0. The lowest BCUT2D eigenvalue weighted by Crippen LogP contribution is -2.30. The maximum atomic E-state index is 14.0. The Bertz CT molecular complexity index is 2340. The minimum Gasteiger partial charge on any atom is -0.310 e. The van der Waals surface area contributed by atoms with Gasteiger partial charge in [-0.2, -0.15) is 0 Å². The Labute approximate surface area is 317 Å². The monoisotopic (exact) mass is 700 g/mol. The second-order valence-corrected chi connectivity index (χ2v) is 15.3. The molecule has 9 rings (SSSR count). The number of hydrogen-bond acceptors (Lipinski definition) is 4. The summed E-state index contributed by atoms with van der Waals surface area (Å²) < 4.78 is 0. The van der Waals surface area contributed by atoms with E-state index in [4.69, 9.17) is 0 Å². The van der Waals surface area contributed by atoms with E-state index in [0.717, 1.165) is 34.1 Å². The van der Waals surface area contributed by atoms with Gasteiger partial charge in [0.25, 0.3) is 0 Å². The molecule has 0 N–H and O–H groups in total. The van der Waals surface area contributed by atoms with E-state index in [2.05, 4.69) is 147 Å². The molecule has 2 aliphatic heterocycles. The smallest absolute Gasteiger partial charge is 0.193 e. The van der Waals surface area contributed by atoms with Gasteiger partial charge >= 0.3 is 0 Å². The predicted octanol–water partition coefficient (Wildman–Crippen LogP) is 12.4. The Hall–Kier alpha value is -6.52. The summed E-state index contributed by atoms with van der Waals surface area (Å²) in [6.07, 6.45) is 0. The van der Waals surface area contributed by atoms with Crippen LogP contribution in [0.1, 0.15) is 81.8 Å². The van der Waals surface area contributed by atoms with Crippen molar-refractivity contribution in [1.29, 1.82) is 0 Å². The molecule has 0 radical (unpaired) electrons. The number of ketones is 2. The fourth-order valence-corrected chi connectivity index (χ4v) is 8.57. The van der Waals surface area contributed by atoms with Gasteiger partial charge in [-0.15, -0.1) is 0 Å². The number of para-hydroxylation sites is 4. The van der Waals surface area contributed by atoms with E-state index in [1.54, 1.807) is 24.3 Å². The normalized spacial score (nSPS) is 14.7. The van der Waals surface area contributed by atoms with Gasteiger partial charge in [-0.1, -0.05) is 149 Å². The summed E-state index contributed by atoms with van der Waals surface area (Å²) in [7, 11) is 0. The Morgan fingerprint density at radius 3 is 0.963 bits per heavy atom. The summed E-state index contributed by atoms with van der Waals surface area (Å²) in [5.41, 5.74) is 13.1. The molecule has 0 bridgehead atoms. The van der Waals surface area contributed by atoms with Gasteiger partial charge in [0.1, 0.15) is 0 Å². The molecule has 2 aliphatic rings. The van der Waals surface area contributed by atoms with Crippen molar-refractivity contribution in [2.75, 3.05) is 9.80 Å². The molecule has 4 nitrogen and oxygen atoms in total. The molecule has 0 saturated heterocycles. The largest absolute Gasteiger partial charge is 0.310 e. The molecule has 7 aromatic rings. The van der Waals surface area contributed by atoms with E-state index in [-0.39, 0.29) is 22.4 Å². The zero-order valence-electron chi connectivity index (χ0n) is 30.9. The highest BCUT2D eigenvalue weighted by atomic mass is 16.1.